The standard InChI is InChI=1S/C13H8ClFN2O4/c14-10-3-2-8(6-9(10)13(18)19)16-11-4-1-7(15)5-12(11)17(20)21/h1-6,16H,(H,18,19). The summed E-state index contributed by atoms with van der Waals surface area (Å²) in [4.78, 5) is 21.1. The topological polar surface area (TPSA) is 92.5 Å². The Morgan fingerprint density at radius 3 is 2.62 bits per heavy atom. The molecule has 2 aromatic carbocycles. The monoisotopic (exact) mass is 310 g/mol. The number of carboxylic acid groups (broad SMARTS) is 1. The Hall–Kier alpha value is -2.67. The highest BCUT2D eigenvalue weighted by Crippen LogP contribution is 2.29. The fourth-order valence-corrected chi connectivity index (χ4v) is 1.88. The molecule has 0 aliphatic carbocycles. The number of nitro groups is 1. The first-order valence-corrected chi connectivity index (χ1v) is 6.00. The molecule has 0 spiro atoms. The molecule has 2 aromatic rings. The molecule has 0 bridgehead atoms. The second kappa shape index (κ2) is 5.76. The van der Waals surface area contributed by atoms with E-state index in [1.165, 1.54) is 24.3 Å². The summed E-state index contributed by atoms with van der Waals surface area (Å²) in [6.07, 6.45) is 0. The molecule has 0 aliphatic rings. The van der Waals surface area contributed by atoms with Crippen LogP contribution >= 0.6 is 11.6 Å². The lowest BCUT2D eigenvalue weighted by Crippen LogP contribution is -2.01. The molecular formula is C13H8ClFN2O4. The van der Waals surface area contributed by atoms with Gasteiger partial charge in [-0.15, -0.1) is 0 Å². The molecule has 0 saturated carbocycles. The first-order chi connectivity index (χ1) is 9.88. The van der Waals surface area contributed by atoms with Crippen molar-refractivity contribution < 1.29 is 19.2 Å². The Labute approximate surface area is 122 Å². The fourth-order valence-electron chi connectivity index (χ4n) is 1.68. The lowest BCUT2D eigenvalue weighted by atomic mass is 10.2. The normalized spacial score (nSPS) is 10.2. The van der Waals surface area contributed by atoms with Crippen molar-refractivity contribution in [1.82, 2.24) is 0 Å². The highest BCUT2D eigenvalue weighted by molar-refractivity contribution is 6.33. The summed E-state index contributed by atoms with van der Waals surface area (Å²) in [5.41, 5.74) is -0.278. The summed E-state index contributed by atoms with van der Waals surface area (Å²) >= 11 is 5.73. The second-order valence-corrected chi connectivity index (χ2v) is 4.45. The summed E-state index contributed by atoms with van der Waals surface area (Å²) in [5, 5.41) is 22.6. The molecule has 0 saturated heterocycles. The minimum absolute atomic E-state index is 0.0417. The van der Waals surface area contributed by atoms with Gasteiger partial charge in [0.2, 0.25) is 0 Å². The minimum Gasteiger partial charge on any atom is -0.478 e. The van der Waals surface area contributed by atoms with Gasteiger partial charge in [0, 0.05) is 5.69 Å². The molecule has 8 heteroatoms. The Morgan fingerprint density at radius 2 is 2.00 bits per heavy atom. The fraction of sp³-hybridized carbons (Fsp3) is 0. The van der Waals surface area contributed by atoms with Crippen molar-refractivity contribution in [3.63, 3.8) is 0 Å². The van der Waals surface area contributed by atoms with E-state index in [1.807, 2.05) is 0 Å². The number of hydrogen-bond acceptors (Lipinski definition) is 4. The molecule has 0 heterocycles. The molecule has 0 radical (unpaired) electrons. The Balaban J connectivity index is 2.41. The number of rotatable bonds is 4. The van der Waals surface area contributed by atoms with Gasteiger partial charge in [-0.3, -0.25) is 10.1 Å². The number of benzene rings is 2. The van der Waals surface area contributed by atoms with Crippen molar-refractivity contribution in [2.75, 3.05) is 5.32 Å². The van der Waals surface area contributed by atoms with Crippen LogP contribution in [0, 0.1) is 15.9 Å². The smallest absolute Gasteiger partial charge is 0.337 e. The van der Waals surface area contributed by atoms with Crippen molar-refractivity contribution >= 4 is 34.6 Å². The van der Waals surface area contributed by atoms with E-state index in [4.69, 9.17) is 16.7 Å². The molecule has 0 aromatic heterocycles. The van der Waals surface area contributed by atoms with E-state index in [1.54, 1.807) is 0 Å². The number of nitrogens with one attached hydrogen (secondary N) is 1. The Kier molecular flexibility index (Phi) is 4.04. The number of carbonyl (C=O) groups is 1. The van der Waals surface area contributed by atoms with E-state index >= 15 is 0 Å². The van der Waals surface area contributed by atoms with Gasteiger partial charge in [-0.25, -0.2) is 9.18 Å². The van der Waals surface area contributed by atoms with Gasteiger partial charge in [-0.05, 0) is 30.3 Å². The third-order valence-electron chi connectivity index (χ3n) is 2.63. The average Bonchev–Trinajstić information content (AvgIpc) is 2.42. The number of nitro benzene ring substituents is 1. The maximum atomic E-state index is 13.0. The molecule has 6 nitrogen and oxygen atoms in total. The molecule has 0 unspecified atom stereocenters. The van der Waals surface area contributed by atoms with Gasteiger partial charge in [0.25, 0.3) is 5.69 Å². The van der Waals surface area contributed by atoms with E-state index in [-0.39, 0.29) is 22.0 Å². The average molecular weight is 311 g/mol. The lowest BCUT2D eigenvalue weighted by Gasteiger charge is -2.08. The van der Waals surface area contributed by atoms with Gasteiger partial charge in [-0.1, -0.05) is 11.6 Å². The van der Waals surface area contributed by atoms with Crippen LogP contribution in [0.25, 0.3) is 0 Å². The zero-order valence-corrected chi connectivity index (χ0v) is 11.1. The van der Waals surface area contributed by atoms with Gasteiger partial charge in [0.1, 0.15) is 11.5 Å². The van der Waals surface area contributed by atoms with Crippen LogP contribution in [0.2, 0.25) is 5.02 Å². The molecular weight excluding hydrogens is 303 g/mol. The van der Waals surface area contributed by atoms with Crippen LogP contribution in [0.1, 0.15) is 10.4 Å². The molecule has 0 amide bonds. The van der Waals surface area contributed by atoms with Gasteiger partial charge in [0.05, 0.1) is 21.6 Å². The predicted molar refractivity (Wildman–Crippen MR) is 74.7 cm³/mol. The van der Waals surface area contributed by atoms with Crippen LogP contribution in [0.5, 0.6) is 0 Å². The molecule has 0 atom stereocenters. The van der Waals surface area contributed by atoms with Crippen molar-refractivity contribution in [3.8, 4) is 0 Å². The van der Waals surface area contributed by atoms with Gasteiger partial charge >= 0.3 is 5.97 Å². The van der Waals surface area contributed by atoms with E-state index in [2.05, 4.69) is 5.32 Å². The lowest BCUT2D eigenvalue weighted by molar-refractivity contribution is -0.384. The number of aromatic carboxylic acids is 1. The van der Waals surface area contributed by atoms with Crippen LogP contribution in [-0.4, -0.2) is 16.0 Å². The maximum Gasteiger partial charge on any atom is 0.337 e. The summed E-state index contributed by atoms with van der Waals surface area (Å²) in [7, 11) is 0. The van der Waals surface area contributed by atoms with Crippen LogP contribution < -0.4 is 5.32 Å². The van der Waals surface area contributed by atoms with E-state index in [0.29, 0.717) is 0 Å². The third kappa shape index (κ3) is 3.26. The Bertz CT molecular complexity index is 736. The van der Waals surface area contributed by atoms with Crippen molar-refractivity contribution in [2.45, 2.75) is 0 Å². The number of anilines is 2. The molecule has 108 valence electrons. The summed E-state index contributed by atoms with van der Waals surface area (Å²) < 4.78 is 13.0. The minimum atomic E-state index is -1.22. The summed E-state index contributed by atoms with van der Waals surface area (Å²) in [5.74, 6) is -1.97. The van der Waals surface area contributed by atoms with Crippen LogP contribution in [0.4, 0.5) is 21.5 Å². The third-order valence-corrected chi connectivity index (χ3v) is 2.96. The molecule has 2 rings (SSSR count). The predicted octanol–water partition coefficient (Wildman–Crippen LogP) is 3.83. The van der Waals surface area contributed by atoms with Crippen molar-refractivity contribution in [3.05, 3.63) is 62.9 Å². The van der Waals surface area contributed by atoms with Crippen LogP contribution in [0.15, 0.2) is 36.4 Å². The second-order valence-electron chi connectivity index (χ2n) is 4.04. The zero-order chi connectivity index (χ0) is 15.6. The molecule has 0 fully saturated rings. The number of nitrogens with zero attached hydrogens (tertiary/aromatic N) is 1. The van der Waals surface area contributed by atoms with E-state index in [9.17, 15) is 19.3 Å². The first-order valence-electron chi connectivity index (χ1n) is 5.62. The van der Waals surface area contributed by atoms with Crippen LogP contribution in [-0.2, 0) is 0 Å². The highest BCUT2D eigenvalue weighted by Gasteiger charge is 2.16. The Morgan fingerprint density at radius 1 is 1.29 bits per heavy atom. The number of carboxylic acids is 1. The molecule has 0 aliphatic heterocycles. The van der Waals surface area contributed by atoms with E-state index < -0.39 is 22.4 Å². The maximum absolute atomic E-state index is 13.0. The summed E-state index contributed by atoms with van der Waals surface area (Å²) in [6, 6.07) is 7.07. The van der Waals surface area contributed by atoms with Gasteiger partial charge in [-0.2, -0.15) is 0 Å². The van der Waals surface area contributed by atoms with Crippen LogP contribution in [0.3, 0.4) is 0 Å². The highest BCUT2D eigenvalue weighted by atomic mass is 35.5. The molecule has 2 N–H and O–H groups in total. The van der Waals surface area contributed by atoms with Gasteiger partial charge < -0.3 is 10.4 Å². The zero-order valence-electron chi connectivity index (χ0n) is 10.3. The van der Waals surface area contributed by atoms with E-state index in [0.717, 1.165) is 12.1 Å². The largest absolute Gasteiger partial charge is 0.478 e. The van der Waals surface area contributed by atoms with Crippen molar-refractivity contribution in [1.29, 1.82) is 0 Å². The SMILES string of the molecule is O=C(O)c1cc(Nc2ccc(F)cc2[N+](=O)[O-])ccc1Cl. The quantitative estimate of drug-likeness (QED) is 0.661. The number of halogens is 2. The number of hydrogen-bond donors (Lipinski definition) is 2. The molecule has 21 heavy (non-hydrogen) atoms. The first kappa shape index (κ1) is 14.7. The van der Waals surface area contributed by atoms with Crippen molar-refractivity contribution in [2.24, 2.45) is 0 Å². The summed E-state index contributed by atoms with van der Waals surface area (Å²) in [6.45, 7) is 0. The van der Waals surface area contributed by atoms with Gasteiger partial charge in [0.15, 0.2) is 0 Å².